The van der Waals surface area contributed by atoms with Crippen LogP contribution in [0.2, 0.25) is 0 Å². The average molecular weight is 561 g/mol. The van der Waals surface area contributed by atoms with E-state index >= 15 is 0 Å². The Morgan fingerprint density at radius 1 is 0.675 bits per heavy atom. The lowest BCUT2D eigenvalue weighted by Gasteiger charge is -2.29. The van der Waals surface area contributed by atoms with Crippen LogP contribution >= 0.6 is 0 Å². The average Bonchev–Trinajstić information content (AvgIpc) is 2.90. The lowest BCUT2D eigenvalue weighted by Crippen LogP contribution is -2.45. The van der Waals surface area contributed by atoms with Crippen LogP contribution in [0.15, 0.2) is 24.3 Å². The Morgan fingerprint density at radius 3 is 1.52 bits per heavy atom. The Kier molecular flexibility index (Phi) is 17.7. The van der Waals surface area contributed by atoms with Crippen LogP contribution in [-0.4, -0.2) is 117 Å². The summed E-state index contributed by atoms with van der Waals surface area (Å²) in [5.74, 6) is 1.12. The molecule has 0 saturated heterocycles. The van der Waals surface area contributed by atoms with Crippen molar-refractivity contribution in [3.8, 4) is 12.3 Å². The van der Waals surface area contributed by atoms with Gasteiger partial charge in [0.2, 0.25) is 5.91 Å². The van der Waals surface area contributed by atoms with Crippen LogP contribution in [0.3, 0.4) is 0 Å². The number of rotatable bonds is 20. The van der Waals surface area contributed by atoms with Crippen molar-refractivity contribution in [1.82, 2.24) is 14.7 Å². The fourth-order valence-corrected chi connectivity index (χ4v) is 3.86. The molecule has 11 heteroatoms. The molecular weight excluding hydrogens is 516 g/mol. The first-order valence-electron chi connectivity index (χ1n) is 13.7. The molecule has 1 aromatic rings. The predicted octanol–water partition coefficient (Wildman–Crippen LogP) is 1.61. The molecule has 1 N–H and O–H groups in total. The summed E-state index contributed by atoms with van der Waals surface area (Å²) in [6.45, 7) is 10.4. The number of terminal acetylenes is 1. The third kappa shape index (κ3) is 15.2. The predicted molar refractivity (Wildman–Crippen MR) is 153 cm³/mol. The zero-order valence-corrected chi connectivity index (χ0v) is 24.3. The first-order chi connectivity index (χ1) is 19.2. The van der Waals surface area contributed by atoms with E-state index in [2.05, 4.69) is 11.2 Å². The van der Waals surface area contributed by atoms with Crippen LogP contribution in [-0.2, 0) is 33.4 Å². The molecule has 0 saturated carbocycles. The van der Waals surface area contributed by atoms with E-state index in [9.17, 15) is 19.2 Å². The summed E-state index contributed by atoms with van der Waals surface area (Å²) < 4.78 is 15.2. The van der Waals surface area contributed by atoms with E-state index in [1.165, 1.54) is 0 Å². The van der Waals surface area contributed by atoms with Gasteiger partial charge in [-0.15, -0.1) is 6.42 Å². The Balaban J connectivity index is 2.84. The second kappa shape index (κ2) is 20.4. The molecule has 0 radical (unpaired) electrons. The van der Waals surface area contributed by atoms with Crippen molar-refractivity contribution < 1.29 is 33.4 Å². The summed E-state index contributed by atoms with van der Waals surface area (Å²) in [5, 5.41) is 2.88. The van der Waals surface area contributed by atoms with Gasteiger partial charge < -0.3 is 19.5 Å². The molecule has 0 spiro atoms. The fourth-order valence-electron chi connectivity index (χ4n) is 3.86. The van der Waals surface area contributed by atoms with Crippen LogP contribution < -0.4 is 5.32 Å². The van der Waals surface area contributed by atoms with Gasteiger partial charge in [0.1, 0.15) is 0 Å². The molecule has 0 heterocycles. The van der Waals surface area contributed by atoms with Crippen molar-refractivity contribution in [2.45, 2.75) is 34.1 Å². The molecule has 1 rings (SSSR count). The van der Waals surface area contributed by atoms with Gasteiger partial charge in [0.15, 0.2) is 0 Å². The number of amides is 1. The minimum absolute atomic E-state index is 0.0359. The lowest BCUT2D eigenvalue weighted by atomic mass is 10.2. The Morgan fingerprint density at radius 2 is 1.10 bits per heavy atom. The highest BCUT2D eigenvalue weighted by molar-refractivity contribution is 5.92. The topological polar surface area (TPSA) is 118 Å². The summed E-state index contributed by atoms with van der Waals surface area (Å²) in [5.41, 5.74) is 1.39. The SMILES string of the molecule is C#Cc1ccc(NC(=O)CN(CCC)CCN(CCN(CC(=O)OCC)CC(=O)OCC)CC(=O)OCC)cc1. The molecule has 40 heavy (non-hydrogen) atoms. The summed E-state index contributed by atoms with van der Waals surface area (Å²) in [4.78, 5) is 54.7. The first-order valence-corrected chi connectivity index (χ1v) is 13.7. The number of anilines is 1. The van der Waals surface area contributed by atoms with Gasteiger partial charge >= 0.3 is 17.9 Å². The molecule has 0 unspecified atom stereocenters. The zero-order valence-electron chi connectivity index (χ0n) is 24.3. The Hall–Kier alpha value is -3.46. The monoisotopic (exact) mass is 560 g/mol. The van der Waals surface area contributed by atoms with Crippen LogP contribution in [0.4, 0.5) is 5.69 Å². The van der Waals surface area contributed by atoms with Gasteiger partial charge in [0.05, 0.1) is 46.0 Å². The smallest absolute Gasteiger partial charge is 0.320 e. The molecule has 0 fully saturated rings. The van der Waals surface area contributed by atoms with E-state index in [0.29, 0.717) is 38.4 Å². The molecule has 0 aliphatic heterocycles. The van der Waals surface area contributed by atoms with Crippen LogP contribution in [0.1, 0.15) is 39.7 Å². The number of carbonyl (C=O) groups is 4. The van der Waals surface area contributed by atoms with E-state index < -0.39 is 11.9 Å². The molecule has 222 valence electrons. The van der Waals surface area contributed by atoms with E-state index in [1.807, 2.05) is 16.7 Å². The van der Waals surface area contributed by atoms with Crippen molar-refractivity contribution in [2.75, 3.05) is 84.0 Å². The van der Waals surface area contributed by atoms with E-state index in [0.717, 1.165) is 12.0 Å². The maximum Gasteiger partial charge on any atom is 0.320 e. The maximum atomic E-state index is 12.7. The Bertz CT molecular complexity index is 942. The number of nitrogens with zero attached hydrogens (tertiary/aromatic N) is 3. The molecule has 11 nitrogen and oxygen atoms in total. The number of esters is 3. The van der Waals surface area contributed by atoms with Crippen molar-refractivity contribution in [2.24, 2.45) is 0 Å². The van der Waals surface area contributed by atoms with Crippen LogP contribution in [0, 0.1) is 12.3 Å². The second-order valence-corrected chi connectivity index (χ2v) is 8.95. The van der Waals surface area contributed by atoms with Gasteiger partial charge in [0, 0.05) is 37.4 Å². The number of hydrogen-bond donors (Lipinski definition) is 1. The normalized spacial score (nSPS) is 10.8. The molecule has 0 aliphatic rings. The van der Waals surface area contributed by atoms with E-state index in [1.54, 1.807) is 49.9 Å². The number of hydrogen-bond acceptors (Lipinski definition) is 10. The minimum Gasteiger partial charge on any atom is -0.465 e. The summed E-state index contributed by atoms with van der Waals surface area (Å²) in [6, 6.07) is 7.05. The number of benzene rings is 1. The van der Waals surface area contributed by atoms with Crippen LogP contribution in [0.25, 0.3) is 0 Å². The van der Waals surface area contributed by atoms with Crippen molar-refractivity contribution in [1.29, 1.82) is 0 Å². The highest BCUT2D eigenvalue weighted by Crippen LogP contribution is 2.09. The van der Waals surface area contributed by atoms with Gasteiger partial charge in [-0.1, -0.05) is 12.8 Å². The molecule has 1 aromatic carbocycles. The Labute approximate surface area is 238 Å². The highest BCUT2D eigenvalue weighted by Gasteiger charge is 2.20. The molecule has 0 aliphatic carbocycles. The molecule has 0 bridgehead atoms. The quantitative estimate of drug-likeness (QED) is 0.143. The van der Waals surface area contributed by atoms with Gasteiger partial charge in [-0.2, -0.15) is 0 Å². The standard InChI is InChI=1S/C29H44N4O7/c1-6-15-31(20-26(34)30-25-13-11-24(7-2)12-14-25)16-17-32(21-27(35)38-8-3)18-19-33(22-28(36)39-9-4)23-29(37)40-10-5/h2,11-14H,6,8-10,15-23H2,1,3-5H3,(H,30,34). The molecular formula is C29H44N4O7. The van der Waals surface area contributed by atoms with E-state index in [4.69, 9.17) is 20.6 Å². The summed E-state index contributed by atoms with van der Waals surface area (Å²) >= 11 is 0. The minimum atomic E-state index is -0.446. The summed E-state index contributed by atoms with van der Waals surface area (Å²) in [7, 11) is 0. The number of ether oxygens (including phenoxy) is 3. The van der Waals surface area contributed by atoms with Gasteiger partial charge in [0.25, 0.3) is 0 Å². The largest absolute Gasteiger partial charge is 0.465 e. The molecule has 0 atom stereocenters. The molecule has 1 amide bonds. The molecule has 0 aromatic heterocycles. The van der Waals surface area contributed by atoms with Crippen molar-refractivity contribution in [3.63, 3.8) is 0 Å². The highest BCUT2D eigenvalue weighted by atomic mass is 16.5. The van der Waals surface area contributed by atoms with E-state index in [-0.39, 0.29) is 57.9 Å². The van der Waals surface area contributed by atoms with Gasteiger partial charge in [-0.25, -0.2) is 0 Å². The zero-order chi connectivity index (χ0) is 29.8. The van der Waals surface area contributed by atoms with Gasteiger partial charge in [-0.3, -0.25) is 33.9 Å². The fraction of sp³-hybridized carbons (Fsp3) is 0.586. The van der Waals surface area contributed by atoms with Crippen molar-refractivity contribution in [3.05, 3.63) is 29.8 Å². The van der Waals surface area contributed by atoms with Gasteiger partial charge in [-0.05, 0) is 58.0 Å². The van der Waals surface area contributed by atoms with Crippen molar-refractivity contribution >= 4 is 29.5 Å². The third-order valence-electron chi connectivity index (χ3n) is 5.68. The third-order valence-corrected chi connectivity index (χ3v) is 5.68. The first kappa shape index (κ1) is 34.6. The lowest BCUT2D eigenvalue weighted by molar-refractivity contribution is -0.149. The number of carbonyl (C=O) groups excluding carboxylic acids is 4. The number of nitrogens with one attached hydrogen (secondary N) is 1. The van der Waals surface area contributed by atoms with Crippen LogP contribution in [0.5, 0.6) is 0 Å². The summed E-state index contributed by atoms with van der Waals surface area (Å²) in [6.07, 6.45) is 6.23. The second-order valence-electron chi connectivity index (χ2n) is 8.95. The maximum absolute atomic E-state index is 12.7.